The van der Waals surface area contributed by atoms with Crippen molar-refractivity contribution < 1.29 is 19.4 Å². The van der Waals surface area contributed by atoms with E-state index in [1.165, 1.54) is 0 Å². The maximum absolute atomic E-state index is 13.4. The normalized spacial score (nSPS) is 22.2. The summed E-state index contributed by atoms with van der Waals surface area (Å²) >= 11 is 12.6. The average molecular weight is 474 g/mol. The van der Waals surface area contributed by atoms with Gasteiger partial charge in [0.1, 0.15) is 11.3 Å². The minimum Gasteiger partial charge on any atom is -0.509 e. The molecule has 5 nitrogen and oxygen atoms in total. The molecule has 2 spiro atoms. The Kier molecular flexibility index (Phi) is 5.49. The molecule has 0 unspecified atom stereocenters. The van der Waals surface area contributed by atoms with Crippen molar-refractivity contribution in [3.8, 4) is 11.1 Å². The van der Waals surface area contributed by atoms with E-state index in [-0.39, 0.29) is 17.2 Å². The van der Waals surface area contributed by atoms with Crippen LogP contribution in [0.1, 0.15) is 37.7 Å². The third-order valence-electron chi connectivity index (χ3n) is 7.11. The third-order valence-corrected chi connectivity index (χ3v) is 7.69. The summed E-state index contributed by atoms with van der Waals surface area (Å²) in [5.74, 6) is -0.729. The Bertz CT molecular complexity index is 1080. The molecule has 1 N–H and O–H groups in total. The monoisotopic (exact) mass is 473 g/mol. The van der Waals surface area contributed by atoms with Crippen LogP contribution >= 0.6 is 23.2 Å². The molecule has 168 valence electrons. The van der Waals surface area contributed by atoms with Gasteiger partial charge in [-0.25, -0.2) is 0 Å². The Labute approximate surface area is 197 Å². The fraction of sp³-hybridized carbons (Fsp3) is 0.400. The predicted octanol–water partition coefficient (Wildman–Crippen LogP) is 5.85. The van der Waals surface area contributed by atoms with Gasteiger partial charge in [-0.05, 0) is 54.7 Å². The van der Waals surface area contributed by atoms with Crippen molar-refractivity contribution in [1.29, 1.82) is 0 Å². The molecule has 2 heterocycles. The maximum Gasteiger partial charge on any atom is 0.258 e. The quantitative estimate of drug-likeness (QED) is 0.594. The summed E-state index contributed by atoms with van der Waals surface area (Å²) in [6.45, 7) is 1.36. The number of aliphatic hydroxyl groups excluding tert-OH is 1. The molecule has 1 saturated heterocycles. The number of nitrogens with zero attached hydrogens (tertiary/aromatic N) is 1. The number of ether oxygens (including phenoxy) is 2. The van der Waals surface area contributed by atoms with Crippen molar-refractivity contribution in [1.82, 2.24) is 4.90 Å². The van der Waals surface area contributed by atoms with Crippen molar-refractivity contribution in [3.05, 3.63) is 63.8 Å². The summed E-state index contributed by atoms with van der Waals surface area (Å²) in [6.07, 6.45) is 3.28. The SMILES string of the molecule is CN1C(=O)C(c2cc(-c3ccc(Cl)cc3)ccc2Cl)=C(O)C12CCC1(CC2)OCCCO1. The van der Waals surface area contributed by atoms with Crippen molar-refractivity contribution in [2.24, 2.45) is 0 Å². The van der Waals surface area contributed by atoms with Crippen molar-refractivity contribution in [2.45, 2.75) is 43.4 Å². The molecule has 0 atom stereocenters. The van der Waals surface area contributed by atoms with Gasteiger partial charge in [0, 0.05) is 35.5 Å². The number of likely N-dealkylation sites (N-methyl/N-ethyl adjacent to an activating group) is 1. The summed E-state index contributed by atoms with van der Waals surface area (Å²) < 4.78 is 11.9. The van der Waals surface area contributed by atoms with Crippen LogP contribution in [0.4, 0.5) is 0 Å². The fourth-order valence-electron chi connectivity index (χ4n) is 5.16. The zero-order chi connectivity index (χ0) is 22.5. The Morgan fingerprint density at radius 2 is 1.56 bits per heavy atom. The van der Waals surface area contributed by atoms with Gasteiger partial charge in [0.2, 0.25) is 0 Å². The standard InChI is InChI=1S/C25H25Cl2NO4/c1-28-23(30)21(19-15-17(5-8-20(19)27)16-3-6-18(26)7-4-16)22(29)24(28)9-11-25(12-10-24)31-13-2-14-32-25/h3-8,15,29H,2,9-14H2,1H3. The lowest BCUT2D eigenvalue weighted by molar-refractivity contribution is -0.286. The van der Waals surface area contributed by atoms with E-state index >= 15 is 0 Å². The molecule has 3 aliphatic rings. The van der Waals surface area contributed by atoms with E-state index < -0.39 is 11.3 Å². The van der Waals surface area contributed by atoms with Crippen molar-refractivity contribution in [2.75, 3.05) is 20.3 Å². The van der Waals surface area contributed by atoms with Gasteiger partial charge >= 0.3 is 0 Å². The van der Waals surface area contributed by atoms with Gasteiger partial charge in [0.15, 0.2) is 5.79 Å². The van der Waals surface area contributed by atoms with Crippen LogP contribution in [-0.2, 0) is 14.3 Å². The lowest BCUT2D eigenvalue weighted by Gasteiger charge is -2.48. The van der Waals surface area contributed by atoms with Gasteiger partial charge in [-0.15, -0.1) is 0 Å². The summed E-state index contributed by atoms with van der Waals surface area (Å²) in [4.78, 5) is 15.0. The molecule has 0 aromatic heterocycles. The van der Waals surface area contributed by atoms with Crippen LogP contribution in [0.2, 0.25) is 10.0 Å². The first-order chi connectivity index (χ1) is 15.4. The Morgan fingerprint density at radius 3 is 2.22 bits per heavy atom. The van der Waals surface area contributed by atoms with Gasteiger partial charge in [0.25, 0.3) is 5.91 Å². The lowest BCUT2D eigenvalue weighted by atomic mass is 9.76. The minimum absolute atomic E-state index is 0.0887. The highest BCUT2D eigenvalue weighted by Crippen LogP contribution is 2.51. The first-order valence-corrected chi connectivity index (χ1v) is 11.7. The minimum atomic E-state index is -0.762. The predicted molar refractivity (Wildman–Crippen MR) is 125 cm³/mol. The number of hydrogen-bond donors (Lipinski definition) is 1. The third kappa shape index (κ3) is 3.43. The van der Waals surface area contributed by atoms with Crippen molar-refractivity contribution in [3.63, 3.8) is 0 Å². The van der Waals surface area contributed by atoms with E-state index in [0.29, 0.717) is 54.5 Å². The summed E-state index contributed by atoms with van der Waals surface area (Å²) in [5, 5.41) is 12.5. The molecule has 7 heteroatoms. The van der Waals surface area contributed by atoms with Gasteiger partial charge in [-0.1, -0.05) is 41.4 Å². The molecule has 2 aromatic carbocycles. The second kappa shape index (κ2) is 8.07. The van der Waals surface area contributed by atoms with Gasteiger partial charge < -0.3 is 19.5 Å². The van der Waals surface area contributed by atoms with Crippen LogP contribution in [0, 0.1) is 0 Å². The number of carbonyl (C=O) groups is 1. The second-order valence-corrected chi connectivity index (χ2v) is 9.63. The molecule has 0 bridgehead atoms. The summed E-state index contributed by atoms with van der Waals surface area (Å²) in [6, 6.07) is 13.0. The molecule has 2 aliphatic heterocycles. The molecular weight excluding hydrogens is 449 g/mol. The fourth-order valence-corrected chi connectivity index (χ4v) is 5.50. The Hall–Kier alpha value is -2.05. The molecular formula is C25H25Cl2NO4. The molecule has 32 heavy (non-hydrogen) atoms. The van der Waals surface area contributed by atoms with E-state index in [4.69, 9.17) is 32.7 Å². The average Bonchev–Trinajstić information content (AvgIpc) is 2.98. The van der Waals surface area contributed by atoms with E-state index in [9.17, 15) is 9.90 Å². The molecule has 2 aromatic rings. The van der Waals surface area contributed by atoms with Crippen molar-refractivity contribution >= 4 is 34.7 Å². The van der Waals surface area contributed by atoms with Crippen LogP contribution in [0.3, 0.4) is 0 Å². The molecule has 0 radical (unpaired) electrons. The number of rotatable bonds is 2. The largest absolute Gasteiger partial charge is 0.509 e. The number of amides is 1. The van der Waals surface area contributed by atoms with Crippen LogP contribution < -0.4 is 0 Å². The number of halogens is 2. The van der Waals surface area contributed by atoms with Crippen LogP contribution in [-0.4, -0.2) is 47.5 Å². The zero-order valence-electron chi connectivity index (χ0n) is 17.9. The zero-order valence-corrected chi connectivity index (χ0v) is 19.4. The first kappa shape index (κ1) is 21.8. The van der Waals surface area contributed by atoms with Crippen LogP contribution in [0.15, 0.2) is 48.2 Å². The van der Waals surface area contributed by atoms with E-state index in [1.807, 2.05) is 36.4 Å². The molecule has 1 amide bonds. The van der Waals surface area contributed by atoms with Crippen LogP contribution in [0.5, 0.6) is 0 Å². The molecule has 2 fully saturated rings. The highest BCUT2D eigenvalue weighted by atomic mass is 35.5. The topological polar surface area (TPSA) is 59.0 Å². The molecule has 1 saturated carbocycles. The lowest BCUT2D eigenvalue weighted by Crippen LogP contribution is -2.54. The number of benzene rings is 2. The maximum atomic E-state index is 13.4. The van der Waals surface area contributed by atoms with E-state index in [0.717, 1.165) is 17.5 Å². The number of hydrogen-bond acceptors (Lipinski definition) is 4. The van der Waals surface area contributed by atoms with Crippen LogP contribution in [0.25, 0.3) is 16.7 Å². The van der Waals surface area contributed by atoms with Gasteiger partial charge in [0.05, 0.1) is 18.8 Å². The van der Waals surface area contributed by atoms with E-state index in [1.54, 1.807) is 18.0 Å². The second-order valence-electron chi connectivity index (χ2n) is 8.78. The number of carbonyl (C=O) groups excluding carboxylic acids is 1. The Morgan fingerprint density at radius 1 is 0.938 bits per heavy atom. The number of aliphatic hydroxyl groups is 1. The molecule has 5 rings (SSSR count). The Balaban J connectivity index is 1.52. The molecule has 1 aliphatic carbocycles. The van der Waals surface area contributed by atoms with E-state index in [2.05, 4.69) is 0 Å². The first-order valence-electron chi connectivity index (χ1n) is 10.9. The van der Waals surface area contributed by atoms with Gasteiger partial charge in [-0.2, -0.15) is 0 Å². The summed E-state index contributed by atoms with van der Waals surface area (Å²) in [7, 11) is 1.75. The smallest absolute Gasteiger partial charge is 0.258 e. The highest BCUT2D eigenvalue weighted by molar-refractivity contribution is 6.35. The highest BCUT2D eigenvalue weighted by Gasteiger charge is 2.56. The summed E-state index contributed by atoms with van der Waals surface area (Å²) in [5.41, 5.74) is 1.89. The van der Waals surface area contributed by atoms with Gasteiger partial charge in [-0.3, -0.25) is 4.79 Å².